The molecule has 152 valence electrons. The molecule has 0 bridgehead atoms. The molecule has 28 heavy (non-hydrogen) atoms. The molecule has 0 spiro atoms. The summed E-state index contributed by atoms with van der Waals surface area (Å²) in [5.74, 6) is 0.0613. The van der Waals surface area contributed by atoms with Gasteiger partial charge < -0.3 is 19.5 Å². The van der Waals surface area contributed by atoms with Crippen LogP contribution in [0.3, 0.4) is 0 Å². The standard InChI is InChI=1S/C20H28N4O3S/c1-12-16(14(3)25)13(2)21-17(12)15-11-28-18(22-15)23-7-9-24(10-8-23)19(26)27-20(4,5)6/h11,21H,7-10H2,1-6H3. The van der Waals surface area contributed by atoms with Gasteiger partial charge in [0, 0.05) is 42.8 Å². The lowest BCUT2D eigenvalue weighted by Gasteiger charge is -2.35. The predicted molar refractivity (Wildman–Crippen MR) is 111 cm³/mol. The molecule has 0 aliphatic carbocycles. The van der Waals surface area contributed by atoms with Crippen LogP contribution >= 0.6 is 11.3 Å². The number of carbonyl (C=O) groups is 2. The maximum Gasteiger partial charge on any atom is 0.410 e. The Balaban J connectivity index is 1.69. The first kappa shape index (κ1) is 20.4. The molecule has 7 nitrogen and oxygen atoms in total. The summed E-state index contributed by atoms with van der Waals surface area (Å²) in [6.45, 7) is 13.7. The van der Waals surface area contributed by atoms with Crippen LogP contribution < -0.4 is 4.90 Å². The molecule has 3 heterocycles. The molecular weight excluding hydrogens is 376 g/mol. The van der Waals surface area contributed by atoms with Crippen LogP contribution in [0.5, 0.6) is 0 Å². The highest BCUT2D eigenvalue weighted by molar-refractivity contribution is 7.14. The van der Waals surface area contributed by atoms with Crippen LogP contribution in [-0.2, 0) is 4.74 Å². The van der Waals surface area contributed by atoms with Crippen molar-refractivity contribution in [1.29, 1.82) is 0 Å². The van der Waals surface area contributed by atoms with Gasteiger partial charge in [-0.15, -0.1) is 11.3 Å². The number of hydrogen-bond acceptors (Lipinski definition) is 6. The van der Waals surface area contributed by atoms with Gasteiger partial charge in [0.25, 0.3) is 0 Å². The highest BCUT2D eigenvalue weighted by atomic mass is 32.1. The second kappa shape index (κ2) is 7.58. The number of anilines is 1. The van der Waals surface area contributed by atoms with E-state index in [0.717, 1.165) is 33.3 Å². The largest absolute Gasteiger partial charge is 0.444 e. The number of aromatic amines is 1. The second-order valence-corrected chi connectivity index (χ2v) is 8.99. The molecule has 1 aliphatic rings. The lowest BCUT2D eigenvalue weighted by Crippen LogP contribution is -2.50. The van der Waals surface area contributed by atoms with Crippen LogP contribution in [0.15, 0.2) is 5.38 Å². The molecule has 0 saturated carbocycles. The van der Waals surface area contributed by atoms with Gasteiger partial charge in [0.2, 0.25) is 0 Å². The normalized spacial score (nSPS) is 15.1. The van der Waals surface area contributed by atoms with Gasteiger partial charge in [0.15, 0.2) is 10.9 Å². The SMILES string of the molecule is CC(=O)c1c(C)[nH]c(-c2csc(N3CCN(C(=O)OC(C)(C)C)CC3)n2)c1C. The Bertz CT molecular complexity index is 886. The van der Waals surface area contributed by atoms with Gasteiger partial charge in [-0.2, -0.15) is 0 Å². The zero-order chi connectivity index (χ0) is 20.6. The van der Waals surface area contributed by atoms with E-state index in [1.54, 1.807) is 23.2 Å². The summed E-state index contributed by atoms with van der Waals surface area (Å²) < 4.78 is 5.45. The predicted octanol–water partition coefficient (Wildman–Crippen LogP) is 4.01. The number of nitrogens with zero attached hydrogens (tertiary/aromatic N) is 3. The van der Waals surface area contributed by atoms with Crippen molar-refractivity contribution in [2.75, 3.05) is 31.1 Å². The van der Waals surface area contributed by atoms with Crippen molar-refractivity contribution in [3.8, 4) is 11.4 Å². The minimum atomic E-state index is -0.483. The van der Waals surface area contributed by atoms with Gasteiger partial charge in [0.05, 0.1) is 5.69 Å². The van der Waals surface area contributed by atoms with Gasteiger partial charge in [-0.25, -0.2) is 9.78 Å². The third-order valence-corrected chi connectivity index (χ3v) is 5.64. The fraction of sp³-hybridized carbons (Fsp3) is 0.550. The molecule has 0 unspecified atom stereocenters. The van der Waals surface area contributed by atoms with Crippen molar-refractivity contribution in [2.24, 2.45) is 0 Å². The van der Waals surface area contributed by atoms with E-state index in [-0.39, 0.29) is 11.9 Å². The average Bonchev–Trinajstić information content (AvgIpc) is 3.18. The number of carbonyl (C=O) groups excluding carboxylic acids is 2. The number of aryl methyl sites for hydroxylation is 1. The molecule has 1 fully saturated rings. The zero-order valence-corrected chi connectivity index (χ0v) is 18.2. The maximum absolute atomic E-state index is 12.2. The Morgan fingerprint density at radius 1 is 1.18 bits per heavy atom. The Labute approximate surface area is 169 Å². The van der Waals surface area contributed by atoms with Crippen molar-refractivity contribution in [1.82, 2.24) is 14.9 Å². The van der Waals surface area contributed by atoms with Gasteiger partial charge in [-0.1, -0.05) is 0 Å². The summed E-state index contributed by atoms with van der Waals surface area (Å²) in [7, 11) is 0. The second-order valence-electron chi connectivity index (χ2n) is 8.15. The first-order valence-corrected chi connectivity index (χ1v) is 10.3. The Morgan fingerprint density at radius 3 is 2.36 bits per heavy atom. The van der Waals surface area contributed by atoms with E-state index in [4.69, 9.17) is 9.72 Å². The molecule has 1 saturated heterocycles. The molecule has 1 amide bonds. The number of thiazole rings is 1. The Hall–Kier alpha value is -2.35. The highest BCUT2D eigenvalue weighted by Gasteiger charge is 2.27. The molecule has 0 aromatic carbocycles. The molecule has 1 N–H and O–H groups in total. The third-order valence-electron chi connectivity index (χ3n) is 4.74. The molecule has 2 aromatic heterocycles. The van der Waals surface area contributed by atoms with E-state index < -0.39 is 5.60 Å². The highest BCUT2D eigenvalue weighted by Crippen LogP contribution is 2.32. The maximum atomic E-state index is 12.2. The summed E-state index contributed by atoms with van der Waals surface area (Å²) in [6.07, 6.45) is -0.263. The fourth-order valence-electron chi connectivity index (χ4n) is 3.47. The molecule has 0 atom stereocenters. The van der Waals surface area contributed by atoms with Gasteiger partial charge in [0.1, 0.15) is 11.3 Å². The van der Waals surface area contributed by atoms with E-state index in [9.17, 15) is 9.59 Å². The molecule has 3 rings (SSSR count). The van der Waals surface area contributed by atoms with Gasteiger partial charge >= 0.3 is 6.09 Å². The molecule has 0 radical (unpaired) electrons. The number of nitrogens with one attached hydrogen (secondary N) is 1. The first-order chi connectivity index (χ1) is 13.1. The minimum absolute atomic E-state index is 0.0613. The van der Waals surface area contributed by atoms with E-state index in [2.05, 4.69) is 9.88 Å². The van der Waals surface area contributed by atoms with Crippen LogP contribution in [0.25, 0.3) is 11.4 Å². The quantitative estimate of drug-likeness (QED) is 0.782. The Morgan fingerprint density at radius 2 is 1.82 bits per heavy atom. The fourth-order valence-corrected chi connectivity index (χ4v) is 4.34. The van der Waals surface area contributed by atoms with Gasteiger partial charge in [-0.3, -0.25) is 4.79 Å². The summed E-state index contributed by atoms with van der Waals surface area (Å²) in [6, 6.07) is 0. The number of ether oxygens (including phenoxy) is 1. The Kier molecular flexibility index (Phi) is 5.52. The molecule has 1 aliphatic heterocycles. The number of amides is 1. The third kappa shape index (κ3) is 4.22. The number of aromatic nitrogens is 2. The first-order valence-electron chi connectivity index (χ1n) is 9.45. The molecule has 2 aromatic rings. The summed E-state index contributed by atoms with van der Waals surface area (Å²) >= 11 is 1.58. The number of Topliss-reactive ketones (excluding diaryl/α,β-unsaturated/α-hetero) is 1. The van der Waals surface area contributed by atoms with Crippen LogP contribution in [0.4, 0.5) is 9.93 Å². The van der Waals surface area contributed by atoms with Gasteiger partial charge in [-0.05, 0) is 47.1 Å². The van der Waals surface area contributed by atoms with Crippen LogP contribution in [0.1, 0.15) is 49.3 Å². The van der Waals surface area contributed by atoms with Crippen molar-refractivity contribution in [3.63, 3.8) is 0 Å². The van der Waals surface area contributed by atoms with Crippen LogP contribution in [0, 0.1) is 13.8 Å². The number of H-pyrrole nitrogens is 1. The van der Waals surface area contributed by atoms with E-state index >= 15 is 0 Å². The smallest absolute Gasteiger partial charge is 0.410 e. The van der Waals surface area contributed by atoms with Crippen molar-refractivity contribution < 1.29 is 14.3 Å². The topological polar surface area (TPSA) is 78.5 Å². The number of ketones is 1. The molecule has 8 heteroatoms. The van der Waals surface area contributed by atoms with E-state index in [1.165, 1.54) is 0 Å². The average molecular weight is 405 g/mol. The number of piperazine rings is 1. The van der Waals surface area contributed by atoms with Crippen LogP contribution in [-0.4, -0.2) is 58.5 Å². The van der Waals surface area contributed by atoms with Crippen molar-refractivity contribution in [3.05, 3.63) is 22.2 Å². The van der Waals surface area contributed by atoms with E-state index in [1.807, 2.05) is 40.0 Å². The minimum Gasteiger partial charge on any atom is -0.444 e. The summed E-state index contributed by atoms with van der Waals surface area (Å²) in [4.78, 5) is 36.1. The number of rotatable bonds is 3. The van der Waals surface area contributed by atoms with Crippen molar-refractivity contribution >= 4 is 28.3 Å². The number of hydrogen-bond donors (Lipinski definition) is 1. The van der Waals surface area contributed by atoms with E-state index in [0.29, 0.717) is 26.2 Å². The summed E-state index contributed by atoms with van der Waals surface area (Å²) in [5.41, 5.74) is 3.83. The lowest BCUT2D eigenvalue weighted by atomic mass is 10.1. The van der Waals surface area contributed by atoms with Crippen LogP contribution in [0.2, 0.25) is 0 Å². The zero-order valence-electron chi connectivity index (χ0n) is 17.4. The lowest BCUT2D eigenvalue weighted by molar-refractivity contribution is 0.0240. The van der Waals surface area contributed by atoms with Crippen molar-refractivity contribution in [2.45, 2.75) is 47.1 Å². The molecular formula is C20H28N4O3S. The monoisotopic (exact) mass is 404 g/mol. The summed E-state index contributed by atoms with van der Waals surface area (Å²) in [5, 5.41) is 2.94.